The predicted octanol–water partition coefficient (Wildman–Crippen LogP) is 5.81. The van der Waals surface area contributed by atoms with E-state index in [9.17, 15) is 18.3 Å². The SMILES string of the molecule is Cc1nc(-c2c(-c3ccc(OCc4ccccc4)cc3O)n[nH]c2C(F)(F)F)cs1. The Balaban J connectivity index is 1.69. The van der Waals surface area contributed by atoms with Crippen molar-refractivity contribution < 1.29 is 23.0 Å². The lowest BCUT2D eigenvalue weighted by molar-refractivity contribution is -0.140. The summed E-state index contributed by atoms with van der Waals surface area (Å²) in [5, 5.41) is 18.6. The van der Waals surface area contributed by atoms with E-state index in [1.807, 2.05) is 30.3 Å². The molecular weight excluding hydrogens is 415 g/mol. The molecule has 30 heavy (non-hydrogen) atoms. The summed E-state index contributed by atoms with van der Waals surface area (Å²) >= 11 is 1.23. The number of aromatic nitrogens is 3. The Hall–Kier alpha value is -3.33. The molecule has 2 N–H and O–H groups in total. The third-order valence-electron chi connectivity index (χ3n) is 4.40. The van der Waals surface area contributed by atoms with Gasteiger partial charge in [-0.2, -0.15) is 18.3 Å². The minimum Gasteiger partial charge on any atom is -0.507 e. The zero-order valence-electron chi connectivity index (χ0n) is 15.7. The highest BCUT2D eigenvalue weighted by atomic mass is 32.1. The van der Waals surface area contributed by atoms with E-state index in [-0.39, 0.29) is 28.3 Å². The van der Waals surface area contributed by atoms with Crippen molar-refractivity contribution in [2.75, 3.05) is 0 Å². The molecule has 5 nitrogen and oxygen atoms in total. The Morgan fingerprint density at radius 1 is 1.13 bits per heavy atom. The molecule has 2 heterocycles. The van der Waals surface area contributed by atoms with Crippen molar-refractivity contribution in [2.24, 2.45) is 0 Å². The maximum Gasteiger partial charge on any atom is 0.433 e. The highest BCUT2D eigenvalue weighted by Gasteiger charge is 2.39. The van der Waals surface area contributed by atoms with Gasteiger partial charge in [-0.15, -0.1) is 11.3 Å². The molecular formula is C21H16F3N3O2S. The second-order valence-corrected chi connectivity index (χ2v) is 7.59. The first-order valence-corrected chi connectivity index (χ1v) is 9.79. The average Bonchev–Trinajstić information content (AvgIpc) is 3.33. The Kier molecular flexibility index (Phi) is 5.21. The van der Waals surface area contributed by atoms with E-state index in [0.29, 0.717) is 17.4 Å². The largest absolute Gasteiger partial charge is 0.507 e. The summed E-state index contributed by atoms with van der Waals surface area (Å²) in [5.41, 5.74) is 0.0164. The fraction of sp³-hybridized carbons (Fsp3) is 0.143. The molecule has 2 aromatic carbocycles. The monoisotopic (exact) mass is 431 g/mol. The normalized spacial score (nSPS) is 11.6. The summed E-state index contributed by atoms with van der Waals surface area (Å²) in [7, 11) is 0. The van der Waals surface area contributed by atoms with E-state index in [4.69, 9.17) is 4.74 Å². The van der Waals surface area contributed by atoms with Crippen LogP contribution in [0.25, 0.3) is 22.5 Å². The number of benzene rings is 2. The molecule has 0 atom stereocenters. The van der Waals surface area contributed by atoms with Gasteiger partial charge in [0.2, 0.25) is 0 Å². The van der Waals surface area contributed by atoms with Gasteiger partial charge in [-0.3, -0.25) is 5.10 Å². The molecule has 154 valence electrons. The van der Waals surface area contributed by atoms with Gasteiger partial charge in [0.25, 0.3) is 0 Å². The van der Waals surface area contributed by atoms with Gasteiger partial charge in [0.05, 0.1) is 16.3 Å². The van der Waals surface area contributed by atoms with E-state index < -0.39 is 11.9 Å². The van der Waals surface area contributed by atoms with E-state index in [1.54, 1.807) is 13.0 Å². The molecule has 0 radical (unpaired) electrons. The number of halogens is 3. The minimum absolute atomic E-state index is 0.0280. The molecule has 0 bridgehead atoms. The molecule has 4 aromatic rings. The first-order valence-electron chi connectivity index (χ1n) is 8.91. The zero-order valence-corrected chi connectivity index (χ0v) is 16.5. The van der Waals surface area contributed by atoms with E-state index in [0.717, 1.165) is 5.56 Å². The number of aryl methyl sites for hydroxylation is 1. The van der Waals surface area contributed by atoms with Crippen molar-refractivity contribution in [1.29, 1.82) is 0 Å². The number of rotatable bonds is 5. The maximum absolute atomic E-state index is 13.5. The minimum atomic E-state index is -4.65. The smallest absolute Gasteiger partial charge is 0.433 e. The number of hydrogen-bond donors (Lipinski definition) is 2. The van der Waals surface area contributed by atoms with Gasteiger partial charge in [-0.25, -0.2) is 4.98 Å². The van der Waals surface area contributed by atoms with Crippen LogP contribution < -0.4 is 4.74 Å². The molecule has 0 saturated heterocycles. The number of nitrogens with one attached hydrogen (secondary N) is 1. The molecule has 0 aliphatic rings. The number of ether oxygens (including phenoxy) is 1. The van der Waals surface area contributed by atoms with Crippen LogP contribution in [0.1, 0.15) is 16.3 Å². The number of alkyl halides is 3. The predicted molar refractivity (Wildman–Crippen MR) is 107 cm³/mol. The number of hydrogen-bond acceptors (Lipinski definition) is 5. The number of aromatic amines is 1. The third-order valence-corrected chi connectivity index (χ3v) is 5.17. The van der Waals surface area contributed by atoms with Crippen LogP contribution in [0, 0.1) is 6.92 Å². The highest BCUT2D eigenvalue weighted by Crippen LogP contribution is 2.43. The maximum atomic E-state index is 13.5. The van der Waals surface area contributed by atoms with Crippen molar-refractivity contribution in [3.05, 3.63) is 70.2 Å². The molecule has 0 fully saturated rings. The van der Waals surface area contributed by atoms with Crippen molar-refractivity contribution >= 4 is 11.3 Å². The molecule has 0 amide bonds. The summed E-state index contributed by atoms with van der Waals surface area (Å²) in [6.45, 7) is 2.00. The number of H-pyrrole nitrogens is 1. The van der Waals surface area contributed by atoms with Crippen molar-refractivity contribution in [3.63, 3.8) is 0 Å². The quantitative estimate of drug-likeness (QED) is 0.418. The number of aromatic hydroxyl groups is 1. The van der Waals surface area contributed by atoms with Crippen LogP contribution in [0.4, 0.5) is 13.2 Å². The Labute approximate surface area is 173 Å². The van der Waals surface area contributed by atoms with Gasteiger partial charge in [0.15, 0.2) is 0 Å². The van der Waals surface area contributed by atoms with Crippen LogP contribution in [-0.4, -0.2) is 20.3 Å². The fourth-order valence-corrected chi connectivity index (χ4v) is 3.62. The summed E-state index contributed by atoms with van der Waals surface area (Å²) in [6.07, 6.45) is -4.65. The molecule has 0 unspecified atom stereocenters. The standard InChI is InChI=1S/C21H16F3N3O2S/c1-12-25-16(11-30-12)18-19(26-27-20(18)21(22,23)24)15-8-7-14(9-17(15)28)29-10-13-5-3-2-4-6-13/h2-9,11,28H,10H2,1H3,(H,26,27). The van der Waals surface area contributed by atoms with Crippen molar-refractivity contribution in [1.82, 2.24) is 15.2 Å². The van der Waals surface area contributed by atoms with Crippen molar-refractivity contribution in [3.8, 4) is 34.0 Å². The number of thiazole rings is 1. The molecule has 0 spiro atoms. The van der Waals surface area contributed by atoms with Crippen LogP contribution in [0.5, 0.6) is 11.5 Å². The van der Waals surface area contributed by atoms with Gasteiger partial charge >= 0.3 is 6.18 Å². The Morgan fingerprint density at radius 2 is 1.90 bits per heavy atom. The van der Waals surface area contributed by atoms with Crippen LogP contribution in [-0.2, 0) is 12.8 Å². The molecule has 4 rings (SSSR count). The van der Waals surface area contributed by atoms with E-state index in [1.165, 1.54) is 28.8 Å². The lowest BCUT2D eigenvalue weighted by Gasteiger charge is -2.10. The lowest BCUT2D eigenvalue weighted by Crippen LogP contribution is -2.07. The third kappa shape index (κ3) is 4.02. The van der Waals surface area contributed by atoms with Crippen LogP contribution in [0.2, 0.25) is 0 Å². The summed E-state index contributed by atoms with van der Waals surface area (Å²) in [5.74, 6) is 0.145. The fourth-order valence-electron chi connectivity index (χ4n) is 3.01. The average molecular weight is 431 g/mol. The molecule has 9 heteroatoms. The summed E-state index contributed by atoms with van der Waals surface area (Å²) in [6, 6.07) is 13.9. The first kappa shape index (κ1) is 20.0. The van der Waals surface area contributed by atoms with Crippen LogP contribution >= 0.6 is 11.3 Å². The van der Waals surface area contributed by atoms with Gasteiger partial charge in [0.1, 0.15) is 29.5 Å². The second-order valence-electron chi connectivity index (χ2n) is 6.52. The molecule has 0 saturated carbocycles. The Bertz CT molecular complexity index is 1170. The van der Waals surface area contributed by atoms with E-state index in [2.05, 4.69) is 15.2 Å². The second kappa shape index (κ2) is 7.83. The Morgan fingerprint density at radius 3 is 2.53 bits per heavy atom. The first-order chi connectivity index (χ1) is 14.3. The summed E-state index contributed by atoms with van der Waals surface area (Å²) in [4.78, 5) is 4.18. The molecule has 0 aliphatic heterocycles. The summed E-state index contributed by atoms with van der Waals surface area (Å²) < 4.78 is 46.2. The van der Waals surface area contributed by atoms with Crippen LogP contribution in [0.15, 0.2) is 53.9 Å². The van der Waals surface area contributed by atoms with Gasteiger partial charge in [-0.1, -0.05) is 30.3 Å². The zero-order chi connectivity index (χ0) is 21.3. The highest BCUT2D eigenvalue weighted by molar-refractivity contribution is 7.09. The number of phenolic OH excluding ortho intramolecular Hbond substituents is 1. The van der Waals surface area contributed by atoms with Crippen molar-refractivity contribution in [2.45, 2.75) is 19.7 Å². The van der Waals surface area contributed by atoms with E-state index >= 15 is 0 Å². The van der Waals surface area contributed by atoms with Gasteiger partial charge < -0.3 is 9.84 Å². The van der Waals surface area contributed by atoms with Gasteiger partial charge in [0, 0.05) is 17.0 Å². The molecule has 2 aromatic heterocycles. The van der Waals surface area contributed by atoms with Gasteiger partial charge in [-0.05, 0) is 24.6 Å². The molecule has 0 aliphatic carbocycles. The number of phenols is 1. The topological polar surface area (TPSA) is 71.0 Å². The number of nitrogens with zero attached hydrogens (tertiary/aromatic N) is 2. The lowest BCUT2D eigenvalue weighted by atomic mass is 10.0. The van der Waals surface area contributed by atoms with Crippen LogP contribution in [0.3, 0.4) is 0 Å².